The summed E-state index contributed by atoms with van der Waals surface area (Å²) in [5.74, 6) is 0. The number of unbranched alkanes of at least 4 members (excludes halogenated alkanes) is 3. The van der Waals surface area contributed by atoms with E-state index in [1.807, 2.05) is 16.8 Å². The molecule has 6 heteroatoms. The standard InChI is InChI=1S/C17H25N3O3/c1-2-16-8-7-11-20(14-16)12-13-23-17(22)19-10-6-4-3-5-9-18-15-21/h7-8,11,14H,2-6,9-10,12-13H2,1H3/p+1. The minimum atomic E-state index is -0.372. The Kier molecular flexibility index (Phi) is 10.1. The van der Waals surface area contributed by atoms with E-state index < -0.39 is 0 Å². The minimum absolute atomic E-state index is 0.355. The van der Waals surface area contributed by atoms with Crippen molar-refractivity contribution in [2.45, 2.75) is 45.6 Å². The molecular weight excluding hydrogens is 294 g/mol. The number of hydrogen-bond donors (Lipinski definition) is 1. The molecule has 1 amide bonds. The number of aromatic nitrogens is 1. The summed E-state index contributed by atoms with van der Waals surface area (Å²) in [6.45, 7) is 4.26. The summed E-state index contributed by atoms with van der Waals surface area (Å²) >= 11 is 0. The number of ether oxygens (including phenoxy) is 1. The van der Waals surface area contributed by atoms with Crippen molar-refractivity contribution in [1.82, 2.24) is 5.32 Å². The predicted molar refractivity (Wildman–Crippen MR) is 86.8 cm³/mol. The van der Waals surface area contributed by atoms with Gasteiger partial charge in [-0.25, -0.2) is 19.1 Å². The fraction of sp³-hybridized carbons (Fsp3) is 0.588. The van der Waals surface area contributed by atoms with E-state index in [1.165, 1.54) is 11.6 Å². The third-order valence-electron chi connectivity index (χ3n) is 3.44. The molecule has 6 nitrogen and oxygen atoms in total. The fourth-order valence-electron chi connectivity index (χ4n) is 2.12. The first kappa shape index (κ1) is 18.8. The smallest absolute Gasteiger partial charge is 0.407 e. The summed E-state index contributed by atoms with van der Waals surface area (Å²) < 4.78 is 7.17. The topological polar surface area (TPSA) is 71.6 Å². The van der Waals surface area contributed by atoms with Crippen LogP contribution >= 0.6 is 0 Å². The van der Waals surface area contributed by atoms with Gasteiger partial charge in [-0.1, -0.05) is 19.8 Å². The number of pyridine rings is 1. The number of isocyanates is 1. The van der Waals surface area contributed by atoms with E-state index in [2.05, 4.69) is 29.5 Å². The van der Waals surface area contributed by atoms with Gasteiger partial charge < -0.3 is 10.1 Å². The van der Waals surface area contributed by atoms with Crippen LogP contribution < -0.4 is 9.88 Å². The Morgan fingerprint density at radius 2 is 2.17 bits per heavy atom. The quantitative estimate of drug-likeness (QED) is 0.294. The van der Waals surface area contributed by atoms with Crippen molar-refractivity contribution in [3.8, 4) is 0 Å². The van der Waals surface area contributed by atoms with E-state index in [0.717, 1.165) is 32.1 Å². The maximum atomic E-state index is 11.5. The molecule has 126 valence electrons. The van der Waals surface area contributed by atoms with Crippen LogP contribution in [0.3, 0.4) is 0 Å². The van der Waals surface area contributed by atoms with Crippen LogP contribution in [-0.2, 0) is 22.5 Å². The molecule has 0 radical (unpaired) electrons. The molecule has 1 aromatic heterocycles. The Morgan fingerprint density at radius 3 is 2.96 bits per heavy atom. The number of aliphatic imine (C=N–C) groups is 1. The molecule has 0 saturated heterocycles. The van der Waals surface area contributed by atoms with E-state index in [0.29, 0.717) is 26.2 Å². The molecule has 0 fully saturated rings. The van der Waals surface area contributed by atoms with Crippen LogP contribution in [0.25, 0.3) is 0 Å². The lowest BCUT2D eigenvalue weighted by molar-refractivity contribution is -0.698. The number of carbonyl (C=O) groups excluding carboxylic acids is 2. The van der Waals surface area contributed by atoms with Gasteiger partial charge in [0.05, 0.1) is 6.54 Å². The summed E-state index contributed by atoms with van der Waals surface area (Å²) in [6, 6.07) is 4.08. The Hall–Kier alpha value is -2.20. The molecule has 0 aliphatic heterocycles. The number of nitrogens with zero attached hydrogens (tertiary/aromatic N) is 2. The lowest BCUT2D eigenvalue weighted by Crippen LogP contribution is -2.37. The Morgan fingerprint density at radius 1 is 1.35 bits per heavy atom. The molecule has 23 heavy (non-hydrogen) atoms. The zero-order chi connectivity index (χ0) is 16.8. The molecule has 1 heterocycles. The van der Waals surface area contributed by atoms with Crippen LogP contribution in [0.2, 0.25) is 0 Å². The van der Waals surface area contributed by atoms with Crippen LogP contribution in [-0.4, -0.2) is 31.9 Å². The summed E-state index contributed by atoms with van der Waals surface area (Å²) in [5, 5.41) is 2.74. The van der Waals surface area contributed by atoms with Crippen molar-refractivity contribution in [3.63, 3.8) is 0 Å². The van der Waals surface area contributed by atoms with Gasteiger partial charge in [-0.3, -0.25) is 0 Å². The number of rotatable bonds is 11. The van der Waals surface area contributed by atoms with Crippen molar-refractivity contribution in [2.24, 2.45) is 4.99 Å². The molecule has 0 aliphatic rings. The van der Waals surface area contributed by atoms with E-state index in [9.17, 15) is 9.59 Å². The highest BCUT2D eigenvalue weighted by molar-refractivity contribution is 5.66. The Balaban J connectivity index is 2.02. The second-order valence-electron chi connectivity index (χ2n) is 5.25. The number of carbonyl (C=O) groups is 1. The average Bonchev–Trinajstić information content (AvgIpc) is 2.57. The number of aryl methyl sites for hydroxylation is 1. The summed E-state index contributed by atoms with van der Waals surface area (Å²) in [5.41, 5.74) is 1.26. The first-order valence-electron chi connectivity index (χ1n) is 8.18. The van der Waals surface area contributed by atoms with Gasteiger partial charge in [0.1, 0.15) is 0 Å². The molecular formula is C17H26N3O3+. The van der Waals surface area contributed by atoms with Gasteiger partial charge in [0.25, 0.3) is 0 Å². The molecule has 0 aromatic carbocycles. The lowest BCUT2D eigenvalue weighted by Gasteiger charge is -2.05. The maximum absolute atomic E-state index is 11.5. The monoisotopic (exact) mass is 320 g/mol. The molecule has 1 N–H and O–H groups in total. The SMILES string of the molecule is CCc1ccc[n+](CCOC(=O)NCCCCCCN=C=O)c1. The second kappa shape index (κ2) is 12.4. The van der Waals surface area contributed by atoms with E-state index in [4.69, 9.17) is 4.74 Å². The van der Waals surface area contributed by atoms with Gasteiger partial charge in [-0.2, -0.15) is 0 Å². The highest BCUT2D eigenvalue weighted by atomic mass is 16.5. The van der Waals surface area contributed by atoms with Crippen molar-refractivity contribution < 1.29 is 18.9 Å². The van der Waals surface area contributed by atoms with Crippen molar-refractivity contribution >= 4 is 12.2 Å². The zero-order valence-electron chi connectivity index (χ0n) is 13.8. The van der Waals surface area contributed by atoms with Crippen molar-refractivity contribution in [1.29, 1.82) is 0 Å². The highest BCUT2D eigenvalue weighted by Crippen LogP contribution is 1.99. The zero-order valence-corrected chi connectivity index (χ0v) is 13.8. The highest BCUT2D eigenvalue weighted by Gasteiger charge is 2.05. The number of hydrogen-bond acceptors (Lipinski definition) is 4. The lowest BCUT2D eigenvalue weighted by atomic mass is 10.2. The first-order valence-corrected chi connectivity index (χ1v) is 8.18. The van der Waals surface area contributed by atoms with Gasteiger partial charge in [0, 0.05) is 18.2 Å². The van der Waals surface area contributed by atoms with Gasteiger partial charge in [-0.05, 0) is 25.3 Å². The van der Waals surface area contributed by atoms with Crippen LogP contribution in [0.4, 0.5) is 4.79 Å². The number of amides is 1. The van der Waals surface area contributed by atoms with Gasteiger partial charge in [0.2, 0.25) is 6.08 Å². The molecule has 1 rings (SSSR count). The minimum Gasteiger partial charge on any atom is -0.443 e. The van der Waals surface area contributed by atoms with E-state index in [-0.39, 0.29) is 6.09 Å². The van der Waals surface area contributed by atoms with Crippen LogP contribution in [0.15, 0.2) is 29.5 Å². The Bertz CT molecular complexity index is 514. The number of nitrogens with one attached hydrogen (secondary N) is 1. The van der Waals surface area contributed by atoms with Crippen molar-refractivity contribution in [3.05, 3.63) is 30.1 Å². The van der Waals surface area contributed by atoms with Gasteiger partial charge >= 0.3 is 6.09 Å². The molecule has 0 spiro atoms. The predicted octanol–water partition coefficient (Wildman–Crippen LogP) is 2.16. The van der Waals surface area contributed by atoms with Crippen LogP contribution in [0.1, 0.15) is 38.2 Å². The third kappa shape index (κ3) is 9.42. The molecule has 0 bridgehead atoms. The second-order valence-corrected chi connectivity index (χ2v) is 5.25. The van der Waals surface area contributed by atoms with E-state index >= 15 is 0 Å². The average molecular weight is 320 g/mol. The van der Waals surface area contributed by atoms with Gasteiger partial charge in [-0.15, -0.1) is 0 Å². The Labute approximate surface area is 137 Å². The molecule has 0 saturated carbocycles. The normalized spacial score (nSPS) is 9.96. The summed E-state index contributed by atoms with van der Waals surface area (Å²) in [4.78, 5) is 24.9. The first-order chi connectivity index (χ1) is 11.3. The largest absolute Gasteiger partial charge is 0.443 e. The van der Waals surface area contributed by atoms with Crippen molar-refractivity contribution in [2.75, 3.05) is 19.7 Å². The van der Waals surface area contributed by atoms with Gasteiger partial charge in [0.15, 0.2) is 25.5 Å². The third-order valence-corrected chi connectivity index (χ3v) is 3.44. The van der Waals surface area contributed by atoms with Crippen LogP contribution in [0, 0.1) is 0 Å². The fourth-order valence-corrected chi connectivity index (χ4v) is 2.12. The number of alkyl carbamates (subject to hydrolysis) is 1. The van der Waals surface area contributed by atoms with Crippen LogP contribution in [0.5, 0.6) is 0 Å². The molecule has 0 atom stereocenters. The summed E-state index contributed by atoms with van der Waals surface area (Å²) in [7, 11) is 0. The van der Waals surface area contributed by atoms with E-state index in [1.54, 1.807) is 0 Å². The molecule has 1 aromatic rings. The summed E-state index contributed by atoms with van der Waals surface area (Å²) in [6.07, 6.45) is 9.94. The molecule has 0 aliphatic carbocycles. The maximum Gasteiger partial charge on any atom is 0.407 e. The molecule has 0 unspecified atom stereocenters.